The lowest BCUT2D eigenvalue weighted by atomic mass is 9.90. The molecule has 0 aromatic heterocycles. The number of unbranched alkanes of at least 4 members (excludes halogenated alkanes) is 10. The predicted molar refractivity (Wildman–Crippen MR) is 188 cm³/mol. The van der Waals surface area contributed by atoms with Crippen LogP contribution in [0.5, 0.6) is 0 Å². The predicted octanol–water partition coefficient (Wildman–Crippen LogP) is 8.80. The number of ether oxygens (including phenoxy) is 2. The van der Waals surface area contributed by atoms with Crippen molar-refractivity contribution in [2.75, 3.05) is 25.0 Å². The number of carbonyl (C=O) groups is 2. The van der Waals surface area contributed by atoms with Crippen LogP contribution < -0.4 is 5.32 Å². The van der Waals surface area contributed by atoms with Gasteiger partial charge < -0.3 is 29.9 Å². The fraction of sp³-hybridized carbons (Fsp3) is 0.641. The van der Waals surface area contributed by atoms with Gasteiger partial charge in [0, 0.05) is 30.1 Å². The molecule has 1 amide bonds. The smallest absolute Gasteiger partial charge is 0.303 e. The molecule has 1 aliphatic heterocycles. The number of benzene rings is 2. The summed E-state index contributed by atoms with van der Waals surface area (Å²) in [6, 6.07) is 15.4. The Kier molecular flexibility index (Phi) is 18.1. The number of aliphatic carboxylic acids is 1. The van der Waals surface area contributed by atoms with Crippen molar-refractivity contribution in [3.05, 3.63) is 65.2 Å². The Balaban J connectivity index is 1.75. The van der Waals surface area contributed by atoms with E-state index in [0.29, 0.717) is 5.69 Å². The average Bonchev–Trinajstić information content (AvgIpc) is 3.08. The Morgan fingerprint density at radius 1 is 0.745 bits per heavy atom. The number of carboxylic acids is 1. The molecular weight excluding hydrogens is 592 g/mol. The van der Waals surface area contributed by atoms with Crippen molar-refractivity contribution in [2.45, 2.75) is 136 Å². The van der Waals surface area contributed by atoms with E-state index in [1.165, 1.54) is 77.0 Å². The quantitative estimate of drug-likeness (QED) is 0.103. The van der Waals surface area contributed by atoms with E-state index in [-0.39, 0.29) is 43.5 Å². The minimum atomic E-state index is -0.996. The number of anilines is 1. The molecular formula is C39H60N2O6. The van der Waals surface area contributed by atoms with Crippen molar-refractivity contribution in [3.8, 4) is 0 Å². The number of carbonyl (C=O) groups excluding carboxylic acids is 1. The van der Waals surface area contributed by atoms with Crippen molar-refractivity contribution >= 4 is 17.6 Å². The highest BCUT2D eigenvalue weighted by molar-refractivity contribution is 5.92. The van der Waals surface area contributed by atoms with Crippen molar-refractivity contribution in [1.29, 1.82) is 0 Å². The summed E-state index contributed by atoms with van der Waals surface area (Å²) in [6.45, 7) is 9.73. The molecule has 4 atom stereocenters. The van der Waals surface area contributed by atoms with Crippen LogP contribution in [0.1, 0.15) is 140 Å². The van der Waals surface area contributed by atoms with E-state index < -0.39 is 12.3 Å². The summed E-state index contributed by atoms with van der Waals surface area (Å²) < 4.78 is 13.4. The standard InChI is InChI=1S/C39H60N2O6/c1-4-6-8-10-12-14-26-41(27-15-13-11-9-7-5-2)28-35-30(3)38(32-18-16-31(29-42)17-19-32)47-39(46-35)33-20-22-34(23-21-33)40-36(43)24-25-37(44)45/h16-23,30,35,38-39,42H,4-15,24-29H2,1-3H3,(H,40,43)(H,44,45). The summed E-state index contributed by atoms with van der Waals surface area (Å²) in [5.41, 5.74) is 3.39. The van der Waals surface area contributed by atoms with Crippen molar-refractivity contribution in [1.82, 2.24) is 4.90 Å². The van der Waals surface area contributed by atoms with Gasteiger partial charge >= 0.3 is 5.97 Å². The van der Waals surface area contributed by atoms with Gasteiger partial charge in [0.2, 0.25) is 5.91 Å². The van der Waals surface area contributed by atoms with Crippen molar-refractivity contribution in [2.24, 2.45) is 5.92 Å². The number of hydrogen-bond acceptors (Lipinski definition) is 6. The van der Waals surface area contributed by atoms with E-state index in [1.807, 2.05) is 48.5 Å². The fourth-order valence-electron chi connectivity index (χ4n) is 6.28. The Hall–Kier alpha value is -2.78. The number of hydrogen-bond donors (Lipinski definition) is 3. The van der Waals surface area contributed by atoms with E-state index in [1.54, 1.807) is 0 Å². The van der Waals surface area contributed by atoms with Gasteiger partial charge in [0.15, 0.2) is 6.29 Å². The zero-order valence-corrected chi connectivity index (χ0v) is 29.1. The zero-order chi connectivity index (χ0) is 33.9. The highest BCUT2D eigenvalue weighted by Gasteiger charge is 2.39. The molecule has 2 aromatic rings. The number of aliphatic hydroxyl groups excluding tert-OH is 1. The lowest BCUT2D eigenvalue weighted by Crippen LogP contribution is -2.45. The van der Waals surface area contributed by atoms with Crippen LogP contribution >= 0.6 is 0 Å². The van der Waals surface area contributed by atoms with Gasteiger partial charge in [-0.25, -0.2) is 0 Å². The Labute approximate surface area is 283 Å². The summed E-state index contributed by atoms with van der Waals surface area (Å²) in [6.07, 6.45) is 14.2. The van der Waals surface area contributed by atoms with Gasteiger partial charge in [-0.15, -0.1) is 0 Å². The van der Waals surface area contributed by atoms with Gasteiger partial charge in [-0.2, -0.15) is 0 Å². The fourth-order valence-corrected chi connectivity index (χ4v) is 6.28. The molecule has 3 rings (SSSR count). The van der Waals surface area contributed by atoms with Crippen LogP contribution in [-0.4, -0.2) is 52.7 Å². The average molecular weight is 653 g/mol. The third kappa shape index (κ3) is 14.1. The highest BCUT2D eigenvalue weighted by atomic mass is 16.7. The first kappa shape index (κ1) is 38.7. The summed E-state index contributed by atoms with van der Waals surface area (Å²) in [4.78, 5) is 25.6. The van der Waals surface area contributed by atoms with Crippen LogP contribution in [0.3, 0.4) is 0 Å². The Morgan fingerprint density at radius 3 is 1.85 bits per heavy atom. The maximum atomic E-state index is 12.2. The third-order valence-electron chi connectivity index (χ3n) is 9.25. The third-order valence-corrected chi connectivity index (χ3v) is 9.25. The first-order valence-electron chi connectivity index (χ1n) is 18.2. The molecule has 0 saturated carbocycles. The van der Waals surface area contributed by atoms with Gasteiger partial charge in [0.25, 0.3) is 0 Å². The van der Waals surface area contributed by atoms with E-state index in [0.717, 1.165) is 36.3 Å². The summed E-state index contributed by atoms with van der Waals surface area (Å²) in [5.74, 6) is -1.22. The van der Waals surface area contributed by atoms with Gasteiger partial charge in [-0.05, 0) is 49.2 Å². The van der Waals surface area contributed by atoms with Crippen LogP contribution in [0.2, 0.25) is 0 Å². The number of nitrogens with zero attached hydrogens (tertiary/aromatic N) is 1. The molecule has 0 bridgehead atoms. The second kappa shape index (κ2) is 22.0. The minimum absolute atomic E-state index is 0.000756. The molecule has 1 saturated heterocycles. The zero-order valence-electron chi connectivity index (χ0n) is 29.1. The van der Waals surface area contributed by atoms with E-state index in [2.05, 4.69) is 31.0 Å². The van der Waals surface area contributed by atoms with Crippen LogP contribution in [0.25, 0.3) is 0 Å². The molecule has 0 spiro atoms. The summed E-state index contributed by atoms with van der Waals surface area (Å²) in [7, 11) is 0. The van der Waals surface area contributed by atoms with Crippen LogP contribution in [-0.2, 0) is 25.7 Å². The van der Waals surface area contributed by atoms with E-state index >= 15 is 0 Å². The number of nitrogens with one attached hydrogen (secondary N) is 1. The van der Waals surface area contributed by atoms with Gasteiger partial charge in [0.05, 0.1) is 25.2 Å². The molecule has 1 fully saturated rings. The van der Waals surface area contributed by atoms with Crippen molar-refractivity contribution in [3.63, 3.8) is 0 Å². The van der Waals surface area contributed by atoms with Gasteiger partial charge in [-0.1, -0.05) is 121 Å². The molecule has 262 valence electrons. The maximum absolute atomic E-state index is 12.2. The van der Waals surface area contributed by atoms with Gasteiger partial charge in [0.1, 0.15) is 0 Å². The molecule has 8 heteroatoms. The maximum Gasteiger partial charge on any atom is 0.303 e. The van der Waals surface area contributed by atoms with E-state index in [9.17, 15) is 14.7 Å². The lowest BCUT2D eigenvalue weighted by Gasteiger charge is -2.43. The molecule has 0 aliphatic carbocycles. The SMILES string of the molecule is CCCCCCCCN(CCCCCCCC)CC1OC(c2ccc(NC(=O)CCC(=O)O)cc2)OC(c2ccc(CO)cc2)C1C. The molecule has 0 radical (unpaired) electrons. The largest absolute Gasteiger partial charge is 0.481 e. The van der Waals surface area contributed by atoms with Crippen LogP contribution in [0.15, 0.2) is 48.5 Å². The highest BCUT2D eigenvalue weighted by Crippen LogP contribution is 2.42. The second-order valence-electron chi connectivity index (χ2n) is 13.2. The number of rotatable bonds is 23. The first-order chi connectivity index (χ1) is 22.8. The number of aliphatic hydroxyl groups is 1. The molecule has 3 N–H and O–H groups in total. The number of carboxylic acid groups (broad SMARTS) is 1. The van der Waals surface area contributed by atoms with Gasteiger partial charge in [-0.3, -0.25) is 9.59 Å². The molecule has 8 nitrogen and oxygen atoms in total. The molecule has 47 heavy (non-hydrogen) atoms. The van der Waals surface area contributed by atoms with Crippen LogP contribution in [0, 0.1) is 5.92 Å². The normalized spacial score (nSPS) is 19.6. The summed E-state index contributed by atoms with van der Waals surface area (Å²) >= 11 is 0. The first-order valence-corrected chi connectivity index (χ1v) is 18.2. The monoisotopic (exact) mass is 652 g/mol. The Bertz CT molecular complexity index is 1140. The van der Waals surface area contributed by atoms with E-state index in [4.69, 9.17) is 14.6 Å². The topological polar surface area (TPSA) is 108 Å². The lowest BCUT2D eigenvalue weighted by molar-refractivity contribution is -0.276. The second-order valence-corrected chi connectivity index (χ2v) is 13.2. The van der Waals surface area contributed by atoms with Crippen molar-refractivity contribution < 1.29 is 29.3 Å². The molecule has 1 heterocycles. The summed E-state index contributed by atoms with van der Waals surface area (Å²) in [5, 5.41) is 21.3. The Morgan fingerprint density at radius 2 is 1.30 bits per heavy atom. The van der Waals surface area contributed by atoms with Crippen LogP contribution in [0.4, 0.5) is 5.69 Å². The molecule has 1 aliphatic rings. The number of amides is 1. The molecule has 2 aromatic carbocycles. The molecule has 4 unspecified atom stereocenters. The minimum Gasteiger partial charge on any atom is -0.481 e.